The van der Waals surface area contributed by atoms with Crippen LogP contribution in [0.25, 0.3) is 10.2 Å². The fourth-order valence-corrected chi connectivity index (χ4v) is 5.87. The summed E-state index contributed by atoms with van der Waals surface area (Å²) in [5.74, 6) is -0.0913. The van der Waals surface area contributed by atoms with Gasteiger partial charge < -0.3 is 0 Å². The minimum atomic E-state index is -3.68. The summed E-state index contributed by atoms with van der Waals surface area (Å²) in [5, 5.41) is 13.9. The van der Waals surface area contributed by atoms with Gasteiger partial charge in [-0.15, -0.1) is 0 Å². The first-order valence-electron chi connectivity index (χ1n) is 10.4. The van der Waals surface area contributed by atoms with Gasteiger partial charge in [0.1, 0.15) is 0 Å². The van der Waals surface area contributed by atoms with E-state index < -0.39 is 20.9 Å². The SMILES string of the molecule is CC(C)CN(CC(C)C)S(=O)(=O)c1ccc(C(=O)Nc2nc3cc([N+](=O)[O-])ccc3s2)cc1. The van der Waals surface area contributed by atoms with Crippen molar-refractivity contribution in [1.82, 2.24) is 9.29 Å². The van der Waals surface area contributed by atoms with Gasteiger partial charge in [-0.3, -0.25) is 20.2 Å². The van der Waals surface area contributed by atoms with Crippen LogP contribution in [-0.2, 0) is 10.0 Å². The molecule has 0 unspecified atom stereocenters. The highest BCUT2D eigenvalue weighted by Gasteiger charge is 2.26. The van der Waals surface area contributed by atoms with E-state index in [9.17, 15) is 23.3 Å². The van der Waals surface area contributed by atoms with E-state index >= 15 is 0 Å². The maximum atomic E-state index is 13.1. The third-order valence-electron chi connectivity index (χ3n) is 4.69. The molecule has 0 aliphatic carbocycles. The zero-order chi connectivity index (χ0) is 24.3. The number of non-ortho nitro benzene ring substituents is 1. The number of benzene rings is 2. The molecule has 0 aliphatic heterocycles. The summed E-state index contributed by atoms with van der Waals surface area (Å²) in [6.07, 6.45) is 0. The molecule has 0 atom stereocenters. The molecule has 0 fully saturated rings. The summed E-state index contributed by atoms with van der Waals surface area (Å²) in [6, 6.07) is 10.1. The molecule has 0 saturated carbocycles. The molecule has 3 aromatic rings. The minimum Gasteiger partial charge on any atom is -0.298 e. The van der Waals surface area contributed by atoms with Crippen LogP contribution in [0, 0.1) is 22.0 Å². The van der Waals surface area contributed by atoms with Gasteiger partial charge in [0.25, 0.3) is 11.6 Å². The molecule has 2 aromatic carbocycles. The van der Waals surface area contributed by atoms with Crippen molar-refractivity contribution in [2.75, 3.05) is 18.4 Å². The molecule has 1 heterocycles. The first-order chi connectivity index (χ1) is 15.5. The van der Waals surface area contributed by atoms with Crippen molar-refractivity contribution in [3.05, 3.63) is 58.1 Å². The number of anilines is 1. The molecular weight excluding hydrogens is 464 g/mol. The third-order valence-corrected chi connectivity index (χ3v) is 7.49. The Labute approximate surface area is 196 Å². The molecule has 0 aliphatic rings. The number of nitro benzene ring substituents is 1. The zero-order valence-electron chi connectivity index (χ0n) is 18.8. The van der Waals surface area contributed by atoms with Gasteiger partial charge in [0.2, 0.25) is 10.0 Å². The highest BCUT2D eigenvalue weighted by Crippen LogP contribution is 2.29. The van der Waals surface area contributed by atoms with Crippen LogP contribution in [0.2, 0.25) is 0 Å². The molecule has 0 saturated heterocycles. The van der Waals surface area contributed by atoms with E-state index in [4.69, 9.17) is 0 Å². The van der Waals surface area contributed by atoms with Crippen molar-refractivity contribution in [2.24, 2.45) is 11.8 Å². The lowest BCUT2D eigenvalue weighted by atomic mass is 10.2. The number of hydrogen-bond donors (Lipinski definition) is 1. The van der Waals surface area contributed by atoms with Crippen LogP contribution in [0.4, 0.5) is 10.8 Å². The number of carbonyl (C=O) groups excluding carboxylic acids is 1. The van der Waals surface area contributed by atoms with Gasteiger partial charge in [-0.1, -0.05) is 39.0 Å². The quantitative estimate of drug-likeness (QED) is 0.341. The van der Waals surface area contributed by atoms with E-state index in [-0.39, 0.29) is 28.0 Å². The lowest BCUT2D eigenvalue weighted by Gasteiger charge is -2.25. The Morgan fingerprint density at radius 3 is 2.24 bits per heavy atom. The fourth-order valence-electron chi connectivity index (χ4n) is 3.26. The van der Waals surface area contributed by atoms with Crippen molar-refractivity contribution >= 4 is 48.3 Å². The fraction of sp³-hybridized carbons (Fsp3) is 0.364. The van der Waals surface area contributed by atoms with E-state index in [0.717, 1.165) is 0 Å². The van der Waals surface area contributed by atoms with Crippen LogP contribution in [0.1, 0.15) is 38.1 Å². The second kappa shape index (κ2) is 9.94. The number of sulfonamides is 1. The lowest BCUT2D eigenvalue weighted by Crippen LogP contribution is -2.37. The molecular formula is C22H26N4O5S2. The van der Waals surface area contributed by atoms with E-state index in [1.54, 1.807) is 6.07 Å². The first-order valence-corrected chi connectivity index (χ1v) is 12.7. The molecule has 9 nitrogen and oxygen atoms in total. The molecule has 0 radical (unpaired) electrons. The largest absolute Gasteiger partial charge is 0.298 e. The number of nitrogens with zero attached hydrogens (tertiary/aromatic N) is 3. The molecule has 1 amide bonds. The number of nitro groups is 1. The summed E-state index contributed by atoms with van der Waals surface area (Å²) in [7, 11) is -3.68. The molecule has 1 aromatic heterocycles. The molecule has 3 rings (SSSR count). The normalized spacial score (nSPS) is 12.1. The number of carbonyl (C=O) groups is 1. The molecule has 33 heavy (non-hydrogen) atoms. The van der Waals surface area contributed by atoms with Gasteiger partial charge in [-0.2, -0.15) is 4.31 Å². The Hall–Kier alpha value is -2.89. The van der Waals surface area contributed by atoms with Crippen LogP contribution in [-0.4, -0.2) is 41.6 Å². The first kappa shape index (κ1) is 24.7. The summed E-state index contributed by atoms with van der Waals surface area (Å²) < 4.78 is 28.4. The Morgan fingerprint density at radius 1 is 1.09 bits per heavy atom. The number of hydrogen-bond acceptors (Lipinski definition) is 7. The summed E-state index contributed by atoms with van der Waals surface area (Å²) in [6.45, 7) is 8.71. The Morgan fingerprint density at radius 2 is 1.70 bits per heavy atom. The second-order valence-electron chi connectivity index (χ2n) is 8.52. The van der Waals surface area contributed by atoms with Gasteiger partial charge in [0, 0.05) is 30.8 Å². The topological polar surface area (TPSA) is 123 Å². The van der Waals surface area contributed by atoms with E-state index in [1.807, 2.05) is 27.7 Å². The van der Waals surface area contributed by atoms with Crippen molar-refractivity contribution < 1.29 is 18.1 Å². The molecule has 0 spiro atoms. The van der Waals surface area contributed by atoms with E-state index in [0.29, 0.717) is 28.4 Å². The van der Waals surface area contributed by atoms with Crippen molar-refractivity contribution in [3.63, 3.8) is 0 Å². The summed E-state index contributed by atoms with van der Waals surface area (Å²) >= 11 is 1.20. The number of thiazole rings is 1. The van der Waals surface area contributed by atoms with Gasteiger partial charge in [0.15, 0.2) is 5.13 Å². The van der Waals surface area contributed by atoms with Crippen LogP contribution in [0.5, 0.6) is 0 Å². The third kappa shape index (κ3) is 5.92. The Balaban J connectivity index is 1.78. The van der Waals surface area contributed by atoms with Crippen molar-refractivity contribution in [3.8, 4) is 0 Å². The number of rotatable bonds is 9. The maximum absolute atomic E-state index is 13.1. The Kier molecular flexibility index (Phi) is 7.45. The van der Waals surface area contributed by atoms with E-state index in [2.05, 4.69) is 10.3 Å². The van der Waals surface area contributed by atoms with Crippen LogP contribution in [0.3, 0.4) is 0 Å². The molecule has 11 heteroatoms. The summed E-state index contributed by atoms with van der Waals surface area (Å²) in [4.78, 5) is 27.4. The van der Waals surface area contributed by atoms with Crippen LogP contribution in [0.15, 0.2) is 47.4 Å². The lowest BCUT2D eigenvalue weighted by molar-refractivity contribution is -0.384. The average Bonchev–Trinajstić information content (AvgIpc) is 3.14. The maximum Gasteiger partial charge on any atom is 0.271 e. The van der Waals surface area contributed by atoms with E-state index in [1.165, 1.54) is 52.0 Å². The standard InChI is InChI=1S/C22H26N4O5S2/c1-14(2)12-25(13-15(3)4)33(30,31)18-8-5-16(6-9-18)21(27)24-22-23-19-11-17(26(28)29)7-10-20(19)32-22/h5-11,14-15H,12-13H2,1-4H3,(H,23,24,27). The monoisotopic (exact) mass is 490 g/mol. The smallest absolute Gasteiger partial charge is 0.271 e. The molecule has 1 N–H and O–H groups in total. The van der Waals surface area contributed by atoms with Crippen molar-refractivity contribution in [1.29, 1.82) is 0 Å². The van der Waals surface area contributed by atoms with Crippen LogP contribution >= 0.6 is 11.3 Å². The minimum absolute atomic E-state index is 0.0774. The van der Waals surface area contributed by atoms with Gasteiger partial charge in [-0.05, 0) is 42.2 Å². The second-order valence-corrected chi connectivity index (χ2v) is 11.5. The number of nitrogens with one attached hydrogen (secondary N) is 1. The number of amides is 1. The molecule has 176 valence electrons. The van der Waals surface area contributed by atoms with Gasteiger partial charge in [0.05, 0.1) is 20.0 Å². The number of fused-ring (bicyclic) bond motifs is 1. The van der Waals surface area contributed by atoms with Gasteiger partial charge >= 0.3 is 0 Å². The van der Waals surface area contributed by atoms with Gasteiger partial charge in [-0.25, -0.2) is 13.4 Å². The average molecular weight is 491 g/mol. The highest BCUT2D eigenvalue weighted by molar-refractivity contribution is 7.89. The number of aromatic nitrogens is 1. The molecule has 0 bridgehead atoms. The highest BCUT2D eigenvalue weighted by atomic mass is 32.2. The zero-order valence-corrected chi connectivity index (χ0v) is 20.4. The Bertz CT molecular complexity index is 1260. The predicted molar refractivity (Wildman–Crippen MR) is 129 cm³/mol. The van der Waals surface area contributed by atoms with Crippen molar-refractivity contribution in [2.45, 2.75) is 32.6 Å². The predicted octanol–water partition coefficient (Wildman–Crippen LogP) is 4.76. The summed E-state index contributed by atoms with van der Waals surface area (Å²) in [5.41, 5.74) is 0.617. The van der Waals surface area contributed by atoms with Crippen LogP contribution < -0.4 is 5.32 Å².